The maximum atomic E-state index is 9.10. The van der Waals surface area contributed by atoms with Gasteiger partial charge in [0, 0.05) is 0 Å². The van der Waals surface area contributed by atoms with Gasteiger partial charge in [-0.05, 0) is 22.0 Å². The summed E-state index contributed by atoms with van der Waals surface area (Å²) < 4.78 is 0.359. The van der Waals surface area contributed by atoms with Crippen LogP contribution >= 0.6 is 27.5 Å². The maximum absolute atomic E-state index is 9.10. The van der Waals surface area contributed by atoms with Gasteiger partial charge in [0.2, 0.25) is 0 Å². The molecular weight excluding hydrogens is 231 g/mol. The van der Waals surface area contributed by atoms with Crippen molar-refractivity contribution in [3.63, 3.8) is 0 Å². The minimum atomic E-state index is 0.0717. The highest BCUT2D eigenvalue weighted by atomic mass is 79.9. The number of halogens is 2. The van der Waals surface area contributed by atoms with Gasteiger partial charge in [0.05, 0.1) is 10.9 Å². The Balaban J connectivity index is 3.17. The van der Waals surface area contributed by atoms with E-state index in [4.69, 9.17) is 22.2 Å². The highest BCUT2D eigenvalue weighted by Crippen LogP contribution is 2.28. The standard InChI is InChI=1S/C6H4BrClN2O/c7-5-4(11)2-1-3(10-9)6(5)8/h2,11H,1H2. The lowest BCUT2D eigenvalue weighted by Crippen LogP contribution is -2.06. The Labute approximate surface area is 76.7 Å². The van der Waals surface area contributed by atoms with Crippen LogP contribution in [0.4, 0.5) is 0 Å². The van der Waals surface area contributed by atoms with Crippen LogP contribution in [-0.4, -0.2) is 15.6 Å². The quantitative estimate of drug-likeness (QED) is 0.508. The van der Waals surface area contributed by atoms with E-state index in [2.05, 4.69) is 20.7 Å². The Morgan fingerprint density at radius 2 is 2.36 bits per heavy atom. The average Bonchev–Trinajstić information content (AvgIpc) is 2.01. The summed E-state index contributed by atoms with van der Waals surface area (Å²) in [5, 5.41) is 9.34. The van der Waals surface area contributed by atoms with Gasteiger partial charge in [-0.25, -0.2) is 0 Å². The molecule has 0 saturated heterocycles. The smallest absolute Gasteiger partial charge is 0.315 e. The zero-order chi connectivity index (χ0) is 8.43. The van der Waals surface area contributed by atoms with E-state index in [0.717, 1.165) is 0 Å². The van der Waals surface area contributed by atoms with Gasteiger partial charge in [0.1, 0.15) is 10.8 Å². The molecule has 1 aliphatic carbocycles. The van der Waals surface area contributed by atoms with Crippen LogP contribution in [0.2, 0.25) is 0 Å². The van der Waals surface area contributed by atoms with Gasteiger partial charge in [0.25, 0.3) is 0 Å². The maximum Gasteiger partial charge on any atom is 0.315 e. The summed E-state index contributed by atoms with van der Waals surface area (Å²) in [6, 6.07) is 0. The van der Waals surface area contributed by atoms with Gasteiger partial charge in [-0.3, -0.25) is 0 Å². The van der Waals surface area contributed by atoms with E-state index < -0.39 is 0 Å². The third-order valence-electron chi connectivity index (χ3n) is 1.28. The minimum Gasteiger partial charge on any atom is -0.507 e. The van der Waals surface area contributed by atoms with Crippen LogP contribution in [0.3, 0.4) is 0 Å². The van der Waals surface area contributed by atoms with Crippen molar-refractivity contribution >= 4 is 33.2 Å². The van der Waals surface area contributed by atoms with Crippen molar-refractivity contribution in [2.24, 2.45) is 0 Å². The van der Waals surface area contributed by atoms with E-state index in [1.54, 1.807) is 0 Å². The summed E-state index contributed by atoms with van der Waals surface area (Å²) in [5.41, 5.74) is 8.75. The van der Waals surface area contributed by atoms with E-state index >= 15 is 0 Å². The van der Waals surface area contributed by atoms with Gasteiger partial charge in [-0.15, -0.1) is 0 Å². The second-order valence-corrected chi connectivity index (χ2v) is 3.14. The summed E-state index contributed by atoms with van der Waals surface area (Å²) in [7, 11) is 0. The van der Waals surface area contributed by atoms with Gasteiger partial charge >= 0.3 is 5.71 Å². The van der Waals surface area contributed by atoms with E-state index in [-0.39, 0.29) is 10.8 Å². The summed E-state index contributed by atoms with van der Waals surface area (Å²) >= 11 is 8.71. The van der Waals surface area contributed by atoms with Crippen LogP contribution in [0, 0.1) is 0 Å². The average molecular weight is 235 g/mol. The lowest BCUT2D eigenvalue weighted by Gasteiger charge is -2.04. The van der Waals surface area contributed by atoms with Crippen molar-refractivity contribution < 1.29 is 9.90 Å². The molecule has 0 aromatic rings. The molecule has 0 saturated carbocycles. The van der Waals surface area contributed by atoms with Crippen LogP contribution < -0.4 is 0 Å². The van der Waals surface area contributed by atoms with E-state index in [9.17, 15) is 0 Å². The fraction of sp³-hybridized carbons (Fsp3) is 0.167. The number of rotatable bonds is 0. The van der Waals surface area contributed by atoms with Crippen LogP contribution in [0.5, 0.6) is 0 Å². The number of nitrogens with zero attached hydrogens (tertiary/aromatic N) is 2. The first-order valence-corrected chi connectivity index (χ1v) is 4.00. The fourth-order valence-corrected chi connectivity index (χ4v) is 1.30. The molecule has 1 N–H and O–H groups in total. The molecular formula is C6H4BrClN2O. The molecule has 11 heavy (non-hydrogen) atoms. The van der Waals surface area contributed by atoms with E-state index in [1.165, 1.54) is 6.08 Å². The summed E-state index contributed by atoms with van der Waals surface area (Å²) in [6.07, 6.45) is 1.85. The molecule has 0 radical (unpaired) electrons. The van der Waals surface area contributed by atoms with Crippen LogP contribution in [0.25, 0.3) is 5.53 Å². The minimum absolute atomic E-state index is 0.0717. The molecule has 0 fully saturated rings. The lowest BCUT2D eigenvalue weighted by molar-refractivity contribution is -0.00595. The van der Waals surface area contributed by atoms with Crippen molar-refractivity contribution in [3.8, 4) is 0 Å². The van der Waals surface area contributed by atoms with Crippen molar-refractivity contribution in [2.75, 3.05) is 0 Å². The van der Waals surface area contributed by atoms with Crippen LogP contribution in [-0.2, 0) is 0 Å². The van der Waals surface area contributed by atoms with Crippen molar-refractivity contribution in [1.82, 2.24) is 0 Å². The highest BCUT2D eigenvalue weighted by molar-refractivity contribution is 9.12. The molecule has 0 heterocycles. The molecule has 58 valence electrons. The molecule has 0 amide bonds. The van der Waals surface area contributed by atoms with Gasteiger partial charge in [0.15, 0.2) is 0 Å². The zero-order valence-corrected chi connectivity index (χ0v) is 7.72. The Hall–Kier alpha value is -0.570. The predicted octanol–water partition coefficient (Wildman–Crippen LogP) is 2.35. The Bertz CT molecular complexity index is 302. The molecule has 5 heteroatoms. The molecule has 0 bridgehead atoms. The predicted molar refractivity (Wildman–Crippen MR) is 45.8 cm³/mol. The molecule has 0 aromatic heterocycles. The number of hydrogen-bond donors (Lipinski definition) is 1. The number of aliphatic hydroxyl groups excluding tert-OH is 1. The molecule has 0 aromatic carbocycles. The van der Waals surface area contributed by atoms with Crippen molar-refractivity contribution in [3.05, 3.63) is 26.9 Å². The largest absolute Gasteiger partial charge is 0.507 e. The fourth-order valence-electron chi connectivity index (χ4n) is 0.696. The number of aliphatic hydroxyl groups is 1. The summed E-state index contributed by atoms with van der Waals surface area (Å²) in [4.78, 5) is 2.95. The summed E-state index contributed by atoms with van der Waals surface area (Å²) in [5.74, 6) is 0.0717. The molecule has 3 nitrogen and oxygen atoms in total. The van der Waals surface area contributed by atoms with Crippen LogP contribution in [0.1, 0.15) is 6.42 Å². The SMILES string of the molecule is [N-]=[N+]=C1CC=C(O)C(Br)=C1Cl. The van der Waals surface area contributed by atoms with Gasteiger partial charge < -0.3 is 10.6 Å². The van der Waals surface area contributed by atoms with Gasteiger partial charge in [-0.2, -0.15) is 4.79 Å². The second kappa shape index (κ2) is 3.22. The third-order valence-corrected chi connectivity index (χ3v) is 2.72. The Morgan fingerprint density at radius 1 is 1.73 bits per heavy atom. The Kier molecular flexibility index (Phi) is 2.49. The molecule has 0 spiro atoms. The van der Waals surface area contributed by atoms with Crippen LogP contribution in [0.15, 0.2) is 21.3 Å². The second-order valence-electron chi connectivity index (χ2n) is 1.97. The third kappa shape index (κ3) is 1.53. The lowest BCUT2D eigenvalue weighted by atomic mass is 10.1. The first kappa shape index (κ1) is 8.53. The highest BCUT2D eigenvalue weighted by Gasteiger charge is 2.22. The van der Waals surface area contributed by atoms with Crippen molar-refractivity contribution in [1.29, 1.82) is 0 Å². The van der Waals surface area contributed by atoms with Crippen molar-refractivity contribution in [2.45, 2.75) is 6.42 Å². The normalized spacial score (nSPS) is 18.0. The molecule has 1 rings (SSSR count). The first-order valence-electron chi connectivity index (χ1n) is 2.83. The molecule has 0 atom stereocenters. The topological polar surface area (TPSA) is 56.6 Å². The monoisotopic (exact) mass is 234 g/mol. The molecule has 0 aliphatic heterocycles. The van der Waals surface area contributed by atoms with E-state index in [1.807, 2.05) is 0 Å². The summed E-state index contributed by atoms with van der Waals surface area (Å²) in [6.45, 7) is 0. The number of allylic oxidation sites excluding steroid dienone is 3. The Morgan fingerprint density at radius 3 is 2.91 bits per heavy atom. The number of hydrogen-bond acceptors (Lipinski definition) is 1. The van der Waals surface area contributed by atoms with Gasteiger partial charge in [-0.1, -0.05) is 11.6 Å². The molecule has 1 aliphatic rings. The zero-order valence-electron chi connectivity index (χ0n) is 5.38. The molecule has 0 unspecified atom stereocenters. The first-order chi connectivity index (χ1) is 5.16. The van der Waals surface area contributed by atoms with E-state index in [0.29, 0.717) is 16.6 Å².